The fourth-order valence-corrected chi connectivity index (χ4v) is 6.13. The Morgan fingerprint density at radius 1 is 1.31 bits per heavy atom. The van der Waals surface area contributed by atoms with Crippen LogP contribution in [-0.2, 0) is 14.3 Å². The summed E-state index contributed by atoms with van der Waals surface area (Å²) in [5.41, 5.74) is 2.03. The molecule has 0 aromatic heterocycles. The van der Waals surface area contributed by atoms with Crippen LogP contribution in [0.15, 0.2) is 18.2 Å². The number of nitrogens with one attached hydrogen (secondary N) is 1. The highest BCUT2D eigenvalue weighted by molar-refractivity contribution is 8.77. The molecule has 1 amide bonds. The maximum atomic E-state index is 12.3. The van der Waals surface area contributed by atoms with Gasteiger partial charge in [-0.25, -0.2) is 0 Å². The van der Waals surface area contributed by atoms with Gasteiger partial charge in [0.15, 0.2) is 12.4 Å². The molecular weight excluding hydrogens is 370 g/mol. The summed E-state index contributed by atoms with van der Waals surface area (Å²) >= 11 is 0. The van der Waals surface area contributed by atoms with E-state index in [0.29, 0.717) is 12.0 Å². The third kappa shape index (κ3) is 4.82. The van der Waals surface area contributed by atoms with Crippen molar-refractivity contribution in [1.29, 1.82) is 0 Å². The van der Waals surface area contributed by atoms with E-state index in [4.69, 9.17) is 4.74 Å². The van der Waals surface area contributed by atoms with Crippen LogP contribution in [0.3, 0.4) is 0 Å². The van der Waals surface area contributed by atoms with Crippen LogP contribution in [0.1, 0.15) is 60.9 Å². The Morgan fingerprint density at radius 3 is 2.92 bits per heavy atom. The molecule has 140 valence electrons. The standard InChI is InChI=1S/C19H23NO4S2/c1-12-15-10-13(6-7-16(15)20-19(12)23)17(21)11-24-18(22)5-3-2-4-14-8-9-25-26-14/h6-7,10,12,14H,2-5,8-9,11H2,1H3,(H,20,23)/t12-,14+/m1/s1. The van der Waals surface area contributed by atoms with Gasteiger partial charge < -0.3 is 10.1 Å². The molecule has 2 atom stereocenters. The summed E-state index contributed by atoms with van der Waals surface area (Å²) in [7, 11) is 3.88. The van der Waals surface area contributed by atoms with Crippen LogP contribution < -0.4 is 5.32 Å². The average molecular weight is 394 g/mol. The van der Waals surface area contributed by atoms with Crippen molar-refractivity contribution < 1.29 is 19.1 Å². The van der Waals surface area contributed by atoms with Gasteiger partial charge in [-0.15, -0.1) is 0 Å². The number of carbonyl (C=O) groups excluding carboxylic acids is 3. The first kappa shape index (κ1) is 19.3. The summed E-state index contributed by atoms with van der Waals surface area (Å²) < 4.78 is 5.12. The molecule has 2 aliphatic rings. The topological polar surface area (TPSA) is 72.5 Å². The van der Waals surface area contributed by atoms with Gasteiger partial charge in [-0.3, -0.25) is 14.4 Å². The number of ketones is 1. The maximum absolute atomic E-state index is 12.3. The minimum atomic E-state index is -0.321. The Hall–Kier alpha value is -1.47. The van der Waals surface area contributed by atoms with E-state index in [-0.39, 0.29) is 30.2 Å². The lowest BCUT2D eigenvalue weighted by Gasteiger charge is -2.08. The Balaban J connectivity index is 1.39. The summed E-state index contributed by atoms with van der Waals surface area (Å²) in [6, 6.07) is 5.10. The summed E-state index contributed by atoms with van der Waals surface area (Å²) in [5, 5.41) is 3.50. The number of rotatable bonds is 8. The van der Waals surface area contributed by atoms with Crippen LogP contribution >= 0.6 is 21.6 Å². The molecule has 0 unspecified atom stereocenters. The van der Waals surface area contributed by atoms with E-state index < -0.39 is 0 Å². The number of benzene rings is 1. The second-order valence-electron chi connectivity index (χ2n) is 6.67. The molecule has 5 nitrogen and oxygen atoms in total. The third-order valence-electron chi connectivity index (χ3n) is 4.74. The highest BCUT2D eigenvalue weighted by Gasteiger charge is 2.27. The van der Waals surface area contributed by atoms with Crippen LogP contribution in [0.4, 0.5) is 5.69 Å². The van der Waals surface area contributed by atoms with Gasteiger partial charge in [-0.2, -0.15) is 0 Å². The van der Waals surface area contributed by atoms with Crippen LogP contribution in [0, 0.1) is 0 Å². The highest BCUT2D eigenvalue weighted by atomic mass is 33.1. The summed E-state index contributed by atoms with van der Waals surface area (Å²) in [6.45, 7) is 1.56. The normalized spacial score (nSPS) is 21.3. The molecule has 0 bridgehead atoms. The SMILES string of the molecule is C[C@H]1C(=O)Nc2ccc(C(=O)COC(=O)CCCC[C@H]3CCSS3)cc21. The van der Waals surface area contributed by atoms with Crippen molar-refractivity contribution in [2.45, 2.75) is 50.2 Å². The van der Waals surface area contributed by atoms with Crippen LogP contribution in [-0.4, -0.2) is 35.3 Å². The zero-order valence-corrected chi connectivity index (χ0v) is 16.4. The zero-order chi connectivity index (χ0) is 18.5. The Kier molecular flexibility index (Phi) is 6.64. The second-order valence-corrected chi connectivity index (χ2v) is 9.46. The molecular formula is C19H23NO4S2. The molecule has 1 aromatic rings. The van der Waals surface area contributed by atoms with Gasteiger partial charge in [-0.05, 0) is 49.9 Å². The molecule has 2 heterocycles. The quantitative estimate of drug-likeness (QED) is 0.309. The van der Waals surface area contributed by atoms with Gasteiger partial charge in [0.1, 0.15) is 0 Å². The number of anilines is 1. The first-order valence-electron chi connectivity index (χ1n) is 8.96. The van der Waals surface area contributed by atoms with Gasteiger partial charge in [0.05, 0.1) is 5.92 Å². The number of amides is 1. The monoisotopic (exact) mass is 393 g/mol. The van der Waals surface area contributed by atoms with E-state index in [1.165, 1.54) is 12.2 Å². The van der Waals surface area contributed by atoms with E-state index in [9.17, 15) is 14.4 Å². The Morgan fingerprint density at radius 2 is 2.15 bits per heavy atom. The van der Waals surface area contributed by atoms with E-state index in [1.54, 1.807) is 25.1 Å². The van der Waals surface area contributed by atoms with Crippen molar-refractivity contribution in [1.82, 2.24) is 0 Å². The predicted molar refractivity (Wildman–Crippen MR) is 106 cm³/mol. The van der Waals surface area contributed by atoms with Crippen molar-refractivity contribution in [3.63, 3.8) is 0 Å². The second kappa shape index (κ2) is 8.95. The van der Waals surface area contributed by atoms with E-state index in [1.807, 2.05) is 21.6 Å². The van der Waals surface area contributed by atoms with Gasteiger partial charge >= 0.3 is 5.97 Å². The highest BCUT2D eigenvalue weighted by Crippen LogP contribution is 2.39. The molecule has 0 radical (unpaired) electrons. The molecule has 1 aromatic carbocycles. The minimum Gasteiger partial charge on any atom is -0.457 e. The average Bonchev–Trinajstić information content (AvgIpc) is 3.25. The van der Waals surface area contributed by atoms with E-state index in [2.05, 4.69) is 5.32 Å². The lowest BCUT2D eigenvalue weighted by Crippen LogP contribution is -2.14. The van der Waals surface area contributed by atoms with E-state index in [0.717, 1.165) is 35.8 Å². The molecule has 0 saturated carbocycles. The molecule has 1 N–H and O–H groups in total. The number of Topliss-reactive ketones (excluding diaryl/α,β-unsaturated/α-hetero) is 1. The van der Waals surface area contributed by atoms with Crippen LogP contribution in [0.2, 0.25) is 0 Å². The molecule has 26 heavy (non-hydrogen) atoms. The summed E-state index contributed by atoms with van der Waals surface area (Å²) in [4.78, 5) is 35.7. The first-order valence-corrected chi connectivity index (χ1v) is 11.3. The molecule has 2 aliphatic heterocycles. The van der Waals surface area contributed by atoms with Crippen molar-refractivity contribution in [2.75, 3.05) is 17.7 Å². The minimum absolute atomic E-state index is 0.0642. The van der Waals surface area contributed by atoms with Gasteiger partial charge in [0.25, 0.3) is 0 Å². The number of esters is 1. The lowest BCUT2D eigenvalue weighted by atomic mass is 9.99. The Bertz CT molecular complexity index is 701. The molecule has 1 saturated heterocycles. The van der Waals surface area contributed by atoms with Gasteiger partial charge in [0, 0.05) is 28.7 Å². The van der Waals surface area contributed by atoms with Gasteiger partial charge in [-0.1, -0.05) is 28.0 Å². The number of carbonyl (C=O) groups is 3. The molecule has 1 fully saturated rings. The largest absolute Gasteiger partial charge is 0.457 e. The van der Waals surface area contributed by atoms with Crippen LogP contribution in [0.25, 0.3) is 0 Å². The smallest absolute Gasteiger partial charge is 0.306 e. The molecule has 3 rings (SSSR count). The fraction of sp³-hybridized carbons (Fsp3) is 0.526. The number of fused-ring (bicyclic) bond motifs is 1. The zero-order valence-electron chi connectivity index (χ0n) is 14.8. The number of hydrogen-bond acceptors (Lipinski definition) is 6. The summed E-state index contributed by atoms with van der Waals surface area (Å²) in [5.74, 6) is 0.332. The van der Waals surface area contributed by atoms with Crippen molar-refractivity contribution >= 4 is 44.9 Å². The van der Waals surface area contributed by atoms with E-state index >= 15 is 0 Å². The fourth-order valence-electron chi connectivity index (χ4n) is 3.10. The lowest BCUT2D eigenvalue weighted by molar-refractivity contribution is -0.142. The molecule has 0 aliphatic carbocycles. The number of hydrogen-bond donors (Lipinski definition) is 1. The van der Waals surface area contributed by atoms with Gasteiger partial charge in [0.2, 0.25) is 5.91 Å². The number of unbranched alkanes of at least 4 members (excludes halogenated alkanes) is 1. The van der Waals surface area contributed by atoms with Crippen molar-refractivity contribution in [3.8, 4) is 0 Å². The van der Waals surface area contributed by atoms with Crippen LogP contribution in [0.5, 0.6) is 0 Å². The van der Waals surface area contributed by atoms with Crippen molar-refractivity contribution in [3.05, 3.63) is 29.3 Å². The Labute approximate surface area is 161 Å². The van der Waals surface area contributed by atoms with Crippen molar-refractivity contribution in [2.24, 2.45) is 0 Å². The molecule has 0 spiro atoms. The number of ether oxygens (including phenoxy) is 1. The maximum Gasteiger partial charge on any atom is 0.306 e. The summed E-state index contributed by atoms with van der Waals surface area (Å²) in [6.07, 6.45) is 4.58. The predicted octanol–water partition coefficient (Wildman–Crippen LogP) is 4.18. The third-order valence-corrected chi connectivity index (χ3v) is 7.75. The molecule has 7 heteroatoms. The first-order chi connectivity index (χ1) is 12.5.